The van der Waals surface area contributed by atoms with E-state index in [1.165, 1.54) is 11.1 Å². The van der Waals surface area contributed by atoms with Crippen molar-refractivity contribution in [2.75, 3.05) is 12.4 Å². The van der Waals surface area contributed by atoms with Crippen LogP contribution in [0.2, 0.25) is 0 Å². The smallest absolute Gasteiger partial charge is 0.229 e. The first-order chi connectivity index (χ1) is 9.20. The van der Waals surface area contributed by atoms with Crippen LogP contribution >= 0.6 is 11.3 Å². The van der Waals surface area contributed by atoms with Crippen molar-refractivity contribution in [3.8, 4) is 0 Å². The van der Waals surface area contributed by atoms with Crippen molar-refractivity contribution >= 4 is 22.9 Å². The van der Waals surface area contributed by atoms with Crippen LogP contribution < -0.4 is 5.32 Å². The third-order valence-electron chi connectivity index (χ3n) is 3.29. The van der Waals surface area contributed by atoms with Gasteiger partial charge in [0.15, 0.2) is 0 Å². The van der Waals surface area contributed by atoms with Crippen LogP contribution in [0.5, 0.6) is 0 Å². The predicted molar refractivity (Wildman–Crippen MR) is 78.3 cm³/mol. The molecule has 0 saturated carbocycles. The van der Waals surface area contributed by atoms with Gasteiger partial charge in [0.1, 0.15) is 0 Å². The van der Waals surface area contributed by atoms with Gasteiger partial charge in [-0.05, 0) is 41.8 Å². The normalized spacial score (nSPS) is 14.4. The monoisotopic (exact) mass is 272 g/mol. The molecule has 0 fully saturated rings. The lowest BCUT2D eigenvalue weighted by Gasteiger charge is -2.06. The van der Waals surface area contributed by atoms with Gasteiger partial charge < -0.3 is 5.32 Å². The van der Waals surface area contributed by atoms with Crippen LogP contribution in [-0.2, 0) is 24.3 Å². The molecule has 0 saturated heterocycles. The van der Waals surface area contributed by atoms with Gasteiger partial charge in [0.05, 0.1) is 6.42 Å². The van der Waals surface area contributed by atoms with Crippen LogP contribution in [0, 0.1) is 0 Å². The fourth-order valence-corrected chi connectivity index (χ4v) is 3.12. The molecule has 4 heteroatoms. The zero-order chi connectivity index (χ0) is 13.2. The van der Waals surface area contributed by atoms with E-state index in [4.69, 9.17) is 0 Å². The molecule has 2 aromatic rings. The van der Waals surface area contributed by atoms with Gasteiger partial charge in [0.25, 0.3) is 0 Å². The summed E-state index contributed by atoms with van der Waals surface area (Å²) in [6.07, 6.45) is 0.453. The lowest BCUT2D eigenvalue weighted by Crippen LogP contribution is -2.13. The van der Waals surface area contributed by atoms with Crippen LogP contribution in [0.3, 0.4) is 0 Å². The topological polar surface area (TPSA) is 32.3 Å². The quantitative estimate of drug-likeness (QED) is 0.932. The Bertz CT molecular complexity index is 592. The maximum Gasteiger partial charge on any atom is 0.229 e. The minimum Gasteiger partial charge on any atom is -0.326 e. The summed E-state index contributed by atoms with van der Waals surface area (Å²) < 4.78 is 0. The molecule has 0 bridgehead atoms. The Balaban J connectivity index is 1.67. The van der Waals surface area contributed by atoms with Crippen LogP contribution in [0.4, 0.5) is 5.69 Å². The molecule has 19 heavy (non-hydrogen) atoms. The van der Waals surface area contributed by atoms with E-state index < -0.39 is 0 Å². The zero-order valence-electron chi connectivity index (χ0n) is 10.8. The molecule has 3 rings (SSSR count). The molecule has 0 spiro atoms. The van der Waals surface area contributed by atoms with Gasteiger partial charge in [-0.3, -0.25) is 9.69 Å². The second kappa shape index (κ2) is 5.15. The van der Waals surface area contributed by atoms with Crippen LogP contribution in [-0.4, -0.2) is 17.9 Å². The van der Waals surface area contributed by atoms with Crippen LogP contribution in [0.1, 0.15) is 16.0 Å². The molecule has 0 atom stereocenters. The lowest BCUT2D eigenvalue weighted by atomic mass is 10.1. The molecule has 2 heterocycles. The summed E-state index contributed by atoms with van der Waals surface area (Å²) in [6, 6.07) is 10.1. The highest BCUT2D eigenvalue weighted by Gasteiger charge is 2.16. The van der Waals surface area contributed by atoms with Crippen molar-refractivity contribution in [1.82, 2.24) is 4.90 Å². The number of fused-ring (bicyclic) bond motifs is 1. The van der Waals surface area contributed by atoms with Crippen LogP contribution in [0.15, 0.2) is 35.7 Å². The highest BCUT2D eigenvalue weighted by molar-refractivity contribution is 7.10. The molecule has 1 aliphatic rings. The van der Waals surface area contributed by atoms with Crippen LogP contribution in [0.25, 0.3) is 0 Å². The molecule has 1 aromatic heterocycles. The Hall–Kier alpha value is -1.65. The second-order valence-electron chi connectivity index (χ2n) is 4.96. The summed E-state index contributed by atoms with van der Waals surface area (Å²) in [5.74, 6) is 0.0498. The average molecular weight is 272 g/mol. The highest BCUT2D eigenvalue weighted by Crippen LogP contribution is 2.24. The van der Waals surface area contributed by atoms with Crippen molar-refractivity contribution in [2.45, 2.75) is 19.5 Å². The minimum absolute atomic E-state index is 0.0498. The number of hydrogen-bond donors (Lipinski definition) is 1. The summed E-state index contributed by atoms with van der Waals surface area (Å²) in [7, 11) is 2.11. The van der Waals surface area contributed by atoms with Crippen molar-refractivity contribution < 1.29 is 4.79 Å². The number of anilines is 1. The first-order valence-corrected chi connectivity index (χ1v) is 7.21. The number of nitrogens with one attached hydrogen (secondary N) is 1. The number of rotatable bonds is 3. The van der Waals surface area contributed by atoms with E-state index in [2.05, 4.69) is 29.4 Å². The molecule has 1 N–H and O–H groups in total. The summed E-state index contributed by atoms with van der Waals surface area (Å²) in [6.45, 7) is 1.96. The van der Waals surface area contributed by atoms with Gasteiger partial charge in [-0.25, -0.2) is 0 Å². The fraction of sp³-hybridized carbons (Fsp3) is 0.267. The molecular weight excluding hydrogens is 256 g/mol. The Morgan fingerprint density at radius 2 is 2.16 bits per heavy atom. The first-order valence-electron chi connectivity index (χ1n) is 6.33. The van der Waals surface area contributed by atoms with Gasteiger partial charge >= 0.3 is 0 Å². The van der Waals surface area contributed by atoms with Crippen molar-refractivity contribution in [3.63, 3.8) is 0 Å². The number of hydrogen-bond acceptors (Lipinski definition) is 3. The number of amides is 1. The van der Waals surface area contributed by atoms with Gasteiger partial charge in [0.2, 0.25) is 5.91 Å². The van der Waals surface area contributed by atoms with E-state index in [-0.39, 0.29) is 5.91 Å². The standard InChI is InChI=1S/C15H16N2OS/c1-17-9-11-4-5-13(7-12(11)10-17)16-15(18)8-14-3-2-6-19-14/h2-7H,8-10H2,1H3,(H,16,18). The highest BCUT2D eigenvalue weighted by atomic mass is 32.1. The fourth-order valence-electron chi connectivity index (χ4n) is 2.42. The zero-order valence-corrected chi connectivity index (χ0v) is 11.7. The summed E-state index contributed by atoms with van der Waals surface area (Å²) in [5.41, 5.74) is 3.57. The Kier molecular flexibility index (Phi) is 3.36. The van der Waals surface area contributed by atoms with E-state index in [9.17, 15) is 4.79 Å². The molecule has 1 aliphatic heterocycles. The first kappa shape index (κ1) is 12.4. The molecular formula is C15H16N2OS. The van der Waals surface area contributed by atoms with Gasteiger partial charge in [-0.2, -0.15) is 0 Å². The van der Waals surface area contributed by atoms with Crippen molar-refractivity contribution in [3.05, 3.63) is 51.7 Å². The number of benzene rings is 1. The van der Waals surface area contributed by atoms with E-state index >= 15 is 0 Å². The number of nitrogens with zero attached hydrogens (tertiary/aromatic N) is 1. The maximum atomic E-state index is 11.9. The number of carbonyl (C=O) groups excluding carboxylic acids is 1. The molecule has 98 valence electrons. The average Bonchev–Trinajstić information content (AvgIpc) is 2.96. The van der Waals surface area contributed by atoms with E-state index in [1.54, 1.807) is 11.3 Å². The van der Waals surface area contributed by atoms with Crippen molar-refractivity contribution in [1.29, 1.82) is 0 Å². The van der Waals surface area contributed by atoms with Gasteiger partial charge in [-0.1, -0.05) is 12.1 Å². The largest absolute Gasteiger partial charge is 0.326 e. The summed E-state index contributed by atoms with van der Waals surface area (Å²) in [5, 5.41) is 4.97. The summed E-state index contributed by atoms with van der Waals surface area (Å²) in [4.78, 5) is 15.3. The number of thiophene rings is 1. The molecule has 3 nitrogen and oxygen atoms in total. The Labute approximate surface area is 116 Å². The minimum atomic E-state index is 0.0498. The third kappa shape index (κ3) is 2.85. The Morgan fingerprint density at radius 3 is 2.95 bits per heavy atom. The third-order valence-corrected chi connectivity index (χ3v) is 4.16. The van der Waals surface area contributed by atoms with Gasteiger partial charge in [0, 0.05) is 23.7 Å². The molecule has 0 radical (unpaired) electrons. The SMILES string of the molecule is CN1Cc2ccc(NC(=O)Cc3cccs3)cc2C1. The lowest BCUT2D eigenvalue weighted by molar-refractivity contribution is -0.115. The Morgan fingerprint density at radius 1 is 1.32 bits per heavy atom. The van der Waals surface area contributed by atoms with E-state index in [0.717, 1.165) is 23.7 Å². The summed E-state index contributed by atoms with van der Waals surface area (Å²) >= 11 is 1.61. The van der Waals surface area contributed by atoms with Gasteiger partial charge in [-0.15, -0.1) is 11.3 Å². The second-order valence-corrected chi connectivity index (χ2v) is 5.99. The van der Waals surface area contributed by atoms with Crippen molar-refractivity contribution in [2.24, 2.45) is 0 Å². The molecule has 0 aliphatic carbocycles. The molecule has 1 amide bonds. The maximum absolute atomic E-state index is 11.9. The van der Waals surface area contributed by atoms with E-state index in [1.807, 2.05) is 23.6 Å². The molecule has 0 unspecified atom stereocenters. The molecule has 1 aromatic carbocycles. The van der Waals surface area contributed by atoms with E-state index in [0.29, 0.717) is 6.42 Å². The number of carbonyl (C=O) groups is 1. The predicted octanol–water partition coefficient (Wildman–Crippen LogP) is 2.87.